The molecule has 2 saturated heterocycles. The molecule has 1 aromatic rings. The molecule has 5 nitrogen and oxygen atoms in total. The lowest BCUT2D eigenvalue weighted by atomic mass is 9.81. The first kappa shape index (κ1) is 18.5. The lowest BCUT2D eigenvalue weighted by Crippen LogP contribution is -3.09. The molecular formula is C22H32N3O2+. The van der Waals surface area contributed by atoms with Crippen LogP contribution in [0.2, 0.25) is 0 Å². The minimum atomic E-state index is -0.0420. The summed E-state index contributed by atoms with van der Waals surface area (Å²) in [5, 5.41) is 0. The first-order chi connectivity index (χ1) is 13.1. The molecule has 0 spiro atoms. The van der Waals surface area contributed by atoms with Gasteiger partial charge in [0.25, 0.3) is 0 Å². The third-order valence-corrected chi connectivity index (χ3v) is 6.54. The Labute approximate surface area is 162 Å². The minimum Gasteiger partial charge on any atom is -0.371 e. The van der Waals surface area contributed by atoms with Crippen molar-refractivity contribution >= 4 is 17.5 Å². The molecule has 2 amide bonds. The summed E-state index contributed by atoms with van der Waals surface area (Å²) < 4.78 is 0. The number of hydrogen-bond acceptors (Lipinski definition) is 3. The van der Waals surface area contributed by atoms with E-state index in [1.54, 1.807) is 4.90 Å². The molecule has 5 heteroatoms. The molecule has 0 radical (unpaired) electrons. The van der Waals surface area contributed by atoms with Crippen molar-refractivity contribution in [3.8, 4) is 0 Å². The number of carbonyl (C=O) groups excluding carboxylic acids is 2. The Balaban J connectivity index is 1.43. The number of nitrogens with zero attached hydrogens (tertiary/aromatic N) is 2. The number of piperidine rings is 1. The summed E-state index contributed by atoms with van der Waals surface area (Å²) in [5.41, 5.74) is 2.64. The molecule has 1 saturated carbocycles. The van der Waals surface area contributed by atoms with Crippen LogP contribution in [0, 0.1) is 11.8 Å². The van der Waals surface area contributed by atoms with Crippen LogP contribution in [-0.2, 0) is 16.1 Å². The first-order valence-corrected chi connectivity index (χ1v) is 10.6. The maximum absolute atomic E-state index is 12.7. The molecule has 27 heavy (non-hydrogen) atoms. The van der Waals surface area contributed by atoms with E-state index in [4.69, 9.17) is 0 Å². The van der Waals surface area contributed by atoms with Crippen molar-refractivity contribution in [2.45, 2.75) is 51.5 Å². The maximum atomic E-state index is 12.7. The summed E-state index contributed by atoms with van der Waals surface area (Å²) in [7, 11) is 2.09. The zero-order valence-electron chi connectivity index (χ0n) is 16.5. The molecule has 2 aliphatic heterocycles. The van der Waals surface area contributed by atoms with Crippen LogP contribution in [0.4, 0.5) is 5.69 Å². The maximum Gasteiger partial charge on any atom is 0.237 e. The van der Waals surface area contributed by atoms with E-state index in [1.165, 1.54) is 35.4 Å². The number of fused-ring (bicyclic) bond motifs is 1. The van der Waals surface area contributed by atoms with Crippen LogP contribution in [0.5, 0.6) is 0 Å². The SMILES string of the molecule is C[NH+](Cc1ccccc1N1CCCCC1)CN1C(=O)[C@H]2CCCC[C@@H]2C1=O. The van der Waals surface area contributed by atoms with Crippen LogP contribution in [0.3, 0.4) is 0 Å². The van der Waals surface area contributed by atoms with Crippen LogP contribution in [-0.4, -0.2) is 43.5 Å². The number of rotatable bonds is 5. The van der Waals surface area contributed by atoms with E-state index in [0.29, 0.717) is 6.67 Å². The average molecular weight is 371 g/mol. The van der Waals surface area contributed by atoms with E-state index >= 15 is 0 Å². The van der Waals surface area contributed by atoms with Crippen LogP contribution in [0.1, 0.15) is 50.5 Å². The summed E-state index contributed by atoms with van der Waals surface area (Å²) in [6.45, 7) is 3.57. The second kappa shape index (κ2) is 8.01. The van der Waals surface area contributed by atoms with Crippen molar-refractivity contribution in [2.75, 3.05) is 31.7 Å². The number of anilines is 1. The van der Waals surface area contributed by atoms with Gasteiger partial charge < -0.3 is 9.80 Å². The fourth-order valence-electron chi connectivity index (χ4n) is 5.14. The Kier molecular flexibility index (Phi) is 5.48. The topological polar surface area (TPSA) is 45.1 Å². The summed E-state index contributed by atoms with van der Waals surface area (Å²) in [4.78, 5) is 30.7. The molecule has 0 bridgehead atoms. The summed E-state index contributed by atoms with van der Waals surface area (Å²) >= 11 is 0. The molecule has 4 rings (SSSR count). The molecule has 3 atom stereocenters. The van der Waals surface area contributed by atoms with Gasteiger partial charge in [0, 0.05) is 24.3 Å². The highest BCUT2D eigenvalue weighted by Gasteiger charge is 2.49. The number of amides is 2. The third-order valence-electron chi connectivity index (χ3n) is 6.54. The number of benzene rings is 1. The van der Waals surface area contributed by atoms with Gasteiger partial charge in [0.2, 0.25) is 11.8 Å². The number of quaternary nitrogens is 1. The van der Waals surface area contributed by atoms with Gasteiger partial charge >= 0.3 is 0 Å². The molecule has 146 valence electrons. The molecule has 3 aliphatic rings. The molecule has 0 aromatic heterocycles. The Morgan fingerprint density at radius 1 is 0.926 bits per heavy atom. The van der Waals surface area contributed by atoms with E-state index in [9.17, 15) is 9.59 Å². The molecular weight excluding hydrogens is 338 g/mol. The Morgan fingerprint density at radius 3 is 2.22 bits per heavy atom. The van der Waals surface area contributed by atoms with Crippen molar-refractivity contribution in [1.82, 2.24) is 4.90 Å². The molecule has 1 unspecified atom stereocenters. The number of nitrogens with one attached hydrogen (secondary N) is 1. The number of hydrogen-bond donors (Lipinski definition) is 1. The van der Waals surface area contributed by atoms with Gasteiger partial charge in [-0.15, -0.1) is 0 Å². The summed E-state index contributed by atoms with van der Waals surface area (Å²) in [6.07, 6.45) is 7.80. The molecule has 1 aliphatic carbocycles. The standard InChI is InChI=1S/C22H31N3O2/c1-23(16-25-21(26)18-10-4-5-11-19(18)22(25)27)15-17-9-3-6-12-20(17)24-13-7-2-8-14-24/h3,6,9,12,18-19H,2,4-5,7-8,10-11,13-16H2,1H3/p+1/t18-,19-/m0/s1. The normalized spacial score (nSPS) is 27.0. The van der Waals surface area contributed by atoms with Crippen molar-refractivity contribution < 1.29 is 14.5 Å². The minimum absolute atomic E-state index is 0.0420. The Bertz CT molecular complexity index is 675. The van der Waals surface area contributed by atoms with Crippen molar-refractivity contribution in [2.24, 2.45) is 11.8 Å². The van der Waals surface area contributed by atoms with Crippen molar-refractivity contribution in [3.05, 3.63) is 29.8 Å². The highest BCUT2D eigenvalue weighted by molar-refractivity contribution is 6.05. The van der Waals surface area contributed by atoms with Crippen LogP contribution < -0.4 is 9.80 Å². The van der Waals surface area contributed by atoms with Crippen molar-refractivity contribution in [3.63, 3.8) is 0 Å². The lowest BCUT2D eigenvalue weighted by Gasteiger charge is -2.31. The monoisotopic (exact) mass is 370 g/mol. The van der Waals surface area contributed by atoms with Gasteiger partial charge in [-0.3, -0.25) is 9.59 Å². The molecule has 1 aromatic carbocycles. The first-order valence-electron chi connectivity index (χ1n) is 10.6. The second-order valence-electron chi connectivity index (χ2n) is 8.57. The van der Waals surface area contributed by atoms with Crippen LogP contribution in [0.25, 0.3) is 0 Å². The van der Waals surface area contributed by atoms with Gasteiger partial charge in [0.15, 0.2) is 6.67 Å². The summed E-state index contributed by atoms with van der Waals surface area (Å²) in [5.74, 6) is 0.0705. The largest absolute Gasteiger partial charge is 0.371 e. The van der Waals surface area contributed by atoms with E-state index in [-0.39, 0.29) is 23.7 Å². The van der Waals surface area contributed by atoms with Crippen molar-refractivity contribution in [1.29, 1.82) is 0 Å². The van der Waals surface area contributed by atoms with Gasteiger partial charge in [-0.1, -0.05) is 31.0 Å². The zero-order chi connectivity index (χ0) is 18.8. The fourth-order valence-corrected chi connectivity index (χ4v) is 5.14. The van der Waals surface area contributed by atoms with Gasteiger partial charge in [0.05, 0.1) is 18.9 Å². The third kappa shape index (κ3) is 3.75. The zero-order valence-corrected chi connectivity index (χ0v) is 16.5. The van der Waals surface area contributed by atoms with Gasteiger partial charge in [0.1, 0.15) is 6.54 Å². The molecule has 2 heterocycles. The lowest BCUT2D eigenvalue weighted by molar-refractivity contribution is -0.901. The smallest absolute Gasteiger partial charge is 0.237 e. The highest BCUT2D eigenvalue weighted by Crippen LogP contribution is 2.37. The van der Waals surface area contributed by atoms with Gasteiger partial charge in [-0.25, -0.2) is 4.90 Å². The quantitative estimate of drug-likeness (QED) is 0.805. The van der Waals surface area contributed by atoms with Crippen LogP contribution in [0.15, 0.2) is 24.3 Å². The predicted octanol–water partition coefficient (Wildman–Crippen LogP) is 1.82. The predicted molar refractivity (Wildman–Crippen MR) is 105 cm³/mol. The van der Waals surface area contributed by atoms with Crippen LogP contribution >= 0.6 is 0 Å². The Hall–Kier alpha value is -1.88. The number of para-hydroxylation sites is 1. The molecule has 3 fully saturated rings. The number of likely N-dealkylation sites (tertiary alicyclic amines) is 1. The molecule has 1 N–H and O–H groups in total. The number of imide groups is 1. The Morgan fingerprint density at radius 2 is 1.56 bits per heavy atom. The second-order valence-corrected chi connectivity index (χ2v) is 8.57. The summed E-state index contributed by atoms with van der Waals surface area (Å²) in [6, 6.07) is 8.62. The van der Waals surface area contributed by atoms with E-state index < -0.39 is 0 Å². The number of carbonyl (C=O) groups is 2. The highest BCUT2D eigenvalue weighted by atomic mass is 16.2. The van der Waals surface area contributed by atoms with E-state index in [1.807, 2.05) is 0 Å². The fraction of sp³-hybridized carbons (Fsp3) is 0.636. The van der Waals surface area contributed by atoms with E-state index in [0.717, 1.165) is 45.3 Å². The average Bonchev–Trinajstić information content (AvgIpc) is 2.94. The van der Waals surface area contributed by atoms with Gasteiger partial charge in [-0.2, -0.15) is 0 Å². The van der Waals surface area contributed by atoms with Gasteiger partial charge in [-0.05, 0) is 38.2 Å². The van der Waals surface area contributed by atoms with E-state index in [2.05, 4.69) is 36.2 Å².